The molecule has 2 aliphatic rings. The van der Waals surface area contributed by atoms with Crippen LogP contribution in [0.4, 0.5) is 9.59 Å². The van der Waals surface area contributed by atoms with Gasteiger partial charge in [0.25, 0.3) is 5.91 Å². The highest BCUT2D eigenvalue weighted by Gasteiger charge is 2.41. The normalized spacial score (nSPS) is 18.8. The van der Waals surface area contributed by atoms with Gasteiger partial charge in [0.05, 0.1) is 30.1 Å². The molecule has 4 aromatic rings. The molecule has 2 aliphatic heterocycles. The molecule has 6 atom stereocenters. The summed E-state index contributed by atoms with van der Waals surface area (Å²) in [6, 6.07) is 25.9. The van der Waals surface area contributed by atoms with Crippen molar-refractivity contribution in [1.29, 1.82) is 0 Å². The van der Waals surface area contributed by atoms with Crippen molar-refractivity contribution < 1.29 is 29.0 Å². The van der Waals surface area contributed by atoms with Crippen molar-refractivity contribution in [3.05, 3.63) is 120 Å². The molecule has 6 rings (SSSR count). The number of pyridine rings is 2. The molecule has 2 aromatic carbocycles. The maximum atomic E-state index is 14.4. The minimum absolute atomic E-state index is 0.0880. The Morgan fingerprint density at radius 2 is 1.74 bits per heavy atom. The van der Waals surface area contributed by atoms with Crippen LogP contribution in [-0.2, 0) is 33.8 Å². The summed E-state index contributed by atoms with van der Waals surface area (Å²) in [4.78, 5) is 66.1. The van der Waals surface area contributed by atoms with Crippen LogP contribution in [0.2, 0.25) is 0 Å². The third kappa shape index (κ3) is 10.5. The fourth-order valence-electron chi connectivity index (χ4n) is 7.30. The number of aryl methyl sites for hydroxylation is 1. The summed E-state index contributed by atoms with van der Waals surface area (Å²) in [6.07, 6.45) is 0.0709. The molecule has 0 aliphatic carbocycles. The zero-order chi connectivity index (χ0) is 40.5. The first-order valence-corrected chi connectivity index (χ1v) is 19.5. The predicted octanol–water partition coefficient (Wildman–Crippen LogP) is 4.22. The Kier molecular flexibility index (Phi) is 13.5. The molecule has 14 heteroatoms. The number of carbonyl (C=O) groups is 4. The zero-order valence-corrected chi connectivity index (χ0v) is 32.9. The standard InChI is InChI=1S/C43H52N8O6/c1-5-28(2)39(51-23-22-49(43(51)56)26-34-15-11-12-29(3)45-34)41(54)46-36(24-31-13-7-6-8-14-31)37(52)27-50(48-40(53)38-30(4)57-42(55)47-38)25-32-17-19-33(20-18-32)35-16-9-10-21-44-35/h6-21,28,30,36-39,52H,5,22-27H2,1-4H3,(H,46,54)(H,47,55)(H,48,53). The van der Waals surface area contributed by atoms with Crippen LogP contribution >= 0.6 is 0 Å². The first-order chi connectivity index (χ1) is 27.5. The number of urea groups is 1. The summed E-state index contributed by atoms with van der Waals surface area (Å²) in [5.74, 6) is -1.06. The molecule has 2 saturated heterocycles. The Hall–Kier alpha value is -5.86. The van der Waals surface area contributed by atoms with E-state index in [1.807, 2.05) is 112 Å². The van der Waals surface area contributed by atoms with Gasteiger partial charge >= 0.3 is 12.1 Å². The summed E-state index contributed by atoms with van der Waals surface area (Å²) in [5.41, 5.74) is 7.98. The van der Waals surface area contributed by atoms with Gasteiger partial charge in [-0.05, 0) is 61.6 Å². The van der Waals surface area contributed by atoms with Crippen LogP contribution in [0.5, 0.6) is 0 Å². The van der Waals surface area contributed by atoms with Crippen molar-refractivity contribution in [2.24, 2.45) is 5.92 Å². The van der Waals surface area contributed by atoms with E-state index < -0.39 is 42.3 Å². The van der Waals surface area contributed by atoms with Crippen LogP contribution in [0.3, 0.4) is 0 Å². The maximum Gasteiger partial charge on any atom is 0.408 e. The van der Waals surface area contributed by atoms with Gasteiger partial charge in [0.15, 0.2) is 0 Å². The summed E-state index contributed by atoms with van der Waals surface area (Å²) in [7, 11) is 0. The number of rotatable bonds is 17. The van der Waals surface area contributed by atoms with Crippen molar-refractivity contribution in [3.8, 4) is 11.3 Å². The topological polar surface area (TPSA) is 169 Å². The Bertz CT molecular complexity index is 1980. The molecular formula is C43H52N8O6. The first kappa shape index (κ1) is 40.8. The number of carbonyl (C=O) groups excluding carboxylic acids is 4. The Labute approximate surface area is 333 Å². The molecular weight excluding hydrogens is 725 g/mol. The monoisotopic (exact) mass is 776 g/mol. The molecule has 0 radical (unpaired) electrons. The number of cyclic esters (lactones) is 1. The van der Waals surface area contributed by atoms with Gasteiger partial charge in [0, 0.05) is 43.6 Å². The Morgan fingerprint density at radius 1 is 0.982 bits per heavy atom. The van der Waals surface area contributed by atoms with Crippen molar-refractivity contribution in [3.63, 3.8) is 0 Å². The van der Waals surface area contributed by atoms with Crippen molar-refractivity contribution in [2.45, 2.75) is 84.0 Å². The van der Waals surface area contributed by atoms with E-state index >= 15 is 0 Å². The third-order valence-corrected chi connectivity index (χ3v) is 10.6. The lowest BCUT2D eigenvalue weighted by molar-refractivity contribution is -0.131. The second-order valence-corrected chi connectivity index (χ2v) is 14.9. The summed E-state index contributed by atoms with van der Waals surface area (Å²) < 4.78 is 5.15. The smallest absolute Gasteiger partial charge is 0.408 e. The highest BCUT2D eigenvalue weighted by Crippen LogP contribution is 2.24. The number of alkyl carbamates (subject to hydrolysis) is 1. The molecule has 0 spiro atoms. The highest BCUT2D eigenvalue weighted by atomic mass is 16.6. The second-order valence-electron chi connectivity index (χ2n) is 14.9. The summed E-state index contributed by atoms with van der Waals surface area (Å²) >= 11 is 0. The third-order valence-electron chi connectivity index (χ3n) is 10.6. The average molecular weight is 777 g/mol. The number of nitrogens with zero attached hydrogens (tertiary/aromatic N) is 5. The van der Waals surface area contributed by atoms with Gasteiger partial charge in [0.1, 0.15) is 18.2 Å². The van der Waals surface area contributed by atoms with E-state index in [4.69, 9.17) is 4.74 Å². The van der Waals surface area contributed by atoms with Gasteiger partial charge in [-0.2, -0.15) is 0 Å². The summed E-state index contributed by atoms with van der Waals surface area (Å²) in [6.45, 7) is 8.73. The van der Waals surface area contributed by atoms with Gasteiger partial charge in [0.2, 0.25) is 5.91 Å². The van der Waals surface area contributed by atoms with E-state index in [2.05, 4.69) is 26.0 Å². The van der Waals surface area contributed by atoms with Gasteiger partial charge in [-0.15, -0.1) is 0 Å². The lowest BCUT2D eigenvalue weighted by Crippen LogP contribution is -2.59. The highest BCUT2D eigenvalue weighted by molar-refractivity contribution is 5.89. The lowest BCUT2D eigenvalue weighted by Gasteiger charge is -2.35. The number of amides is 5. The number of hydrogen-bond acceptors (Lipinski definition) is 9. The van der Waals surface area contributed by atoms with Crippen LogP contribution in [0.1, 0.15) is 49.7 Å². The maximum absolute atomic E-state index is 14.4. The van der Waals surface area contributed by atoms with E-state index in [1.54, 1.807) is 27.9 Å². The average Bonchev–Trinajstić information content (AvgIpc) is 3.74. The molecule has 2 fully saturated rings. The fourth-order valence-corrected chi connectivity index (χ4v) is 7.30. The van der Waals surface area contributed by atoms with Crippen molar-refractivity contribution in [2.75, 3.05) is 19.6 Å². The molecule has 4 N–H and O–H groups in total. The van der Waals surface area contributed by atoms with Crippen LogP contribution < -0.4 is 16.1 Å². The van der Waals surface area contributed by atoms with Crippen LogP contribution in [0, 0.1) is 12.8 Å². The largest absolute Gasteiger partial charge is 0.444 e. The number of benzene rings is 2. The molecule has 57 heavy (non-hydrogen) atoms. The van der Waals surface area contributed by atoms with Gasteiger partial charge in [-0.1, -0.05) is 87.0 Å². The summed E-state index contributed by atoms with van der Waals surface area (Å²) in [5, 5.41) is 19.3. The van der Waals surface area contributed by atoms with Crippen molar-refractivity contribution >= 4 is 23.9 Å². The van der Waals surface area contributed by atoms with E-state index in [0.29, 0.717) is 26.1 Å². The molecule has 0 bridgehead atoms. The van der Waals surface area contributed by atoms with Gasteiger partial charge in [-0.25, -0.2) is 14.6 Å². The number of aliphatic hydroxyl groups is 1. The van der Waals surface area contributed by atoms with E-state index in [-0.39, 0.29) is 37.4 Å². The Morgan fingerprint density at radius 3 is 2.40 bits per heavy atom. The SMILES string of the molecule is CCC(C)C(C(=O)NC(Cc1ccccc1)C(O)CN(Cc1ccc(-c2ccccn2)cc1)NC(=O)C1NC(=O)OC1C)N1CCN(Cc2cccc(C)n2)C1=O. The molecule has 2 aromatic heterocycles. The number of nitrogens with one attached hydrogen (secondary N) is 3. The van der Waals surface area contributed by atoms with E-state index in [1.165, 1.54) is 0 Å². The van der Waals surface area contributed by atoms with Crippen LogP contribution in [0.15, 0.2) is 97.2 Å². The molecule has 0 saturated carbocycles. The molecule has 300 valence electrons. The van der Waals surface area contributed by atoms with Crippen LogP contribution in [0.25, 0.3) is 11.3 Å². The Balaban J connectivity index is 1.22. The lowest BCUT2D eigenvalue weighted by atomic mass is 9.95. The first-order valence-electron chi connectivity index (χ1n) is 19.5. The molecule has 4 heterocycles. The molecule has 14 nitrogen and oxygen atoms in total. The number of aliphatic hydroxyl groups excluding tert-OH is 1. The molecule has 6 unspecified atom stereocenters. The number of hydrazine groups is 1. The zero-order valence-electron chi connectivity index (χ0n) is 32.9. The molecule has 5 amide bonds. The van der Waals surface area contributed by atoms with Crippen molar-refractivity contribution in [1.82, 2.24) is 40.8 Å². The van der Waals surface area contributed by atoms with E-state index in [9.17, 15) is 24.3 Å². The number of ether oxygens (including phenoxy) is 1. The second kappa shape index (κ2) is 18.9. The predicted molar refractivity (Wildman–Crippen MR) is 214 cm³/mol. The van der Waals surface area contributed by atoms with E-state index in [0.717, 1.165) is 33.8 Å². The van der Waals surface area contributed by atoms with Gasteiger partial charge < -0.3 is 30.3 Å². The number of hydrogen-bond donors (Lipinski definition) is 4. The minimum Gasteiger partial charge on any atom is -0.444 e. The fraction of sp³-hybridized carbons (Fsp3) is 0.395. The quantitative estimate of drug-likeness (QED) is 0.115. The van der Waals surface area contributed by atoms with Gasteiger partial charge in [-0.3, -0.25) is 25.0 Å². The minimum atomic E-state index is -1.19. The number of aromatic nitrogens is 2. The van der Waals surface area contributed by atoms with Crippen LogP contribution in [-0.4, -0.2) is 104 Å².